The zero-order valence-electron chi connectivity index (χ0n) is 17.7. The SMILES string of the molecule is O=C(Nc1ccccc1Cc1nc(-c2ccncc2)no1)c1ccc(-c2ccccc2)cc1. The average molecular weight is 432 g/mol. The molecule has 2 aromatic heterocycles. The highest BCUT2D eigenvalue weighted by Crippen LogP contribution is 2.23. The van der Waals surface area contributed by atoms with Crippen LogP contribution < -0.4 is 5.32 Å². The normalized spacial score (nSPS) is 10.7. The number of aromatic nitrogens is 3. The summed E-state index contributed by atoms with van der Waals surface area (Å²) in [7, 11) is 0. The first kappa shape index (κ1) is 20.3. The van der Waals surface area contributed by atoms with Crippen LogP contribution in [0.3, 0.4) is 0 Å². The van der Waals surface area contributed by atoms with Gasteiger partial charge in [-0.05, 0) is 47.0 Å². The minimum absolute atomic E-state index is 0.176. The molecule has 0 atom stereocenters. The first-order chi connectivity index (χ1) is 16.3. The number of hydrogen-bond acceptors (Lipinski definition) is 5. The predicted molar refractivity (Wildman–Crippen MR) is 127 cm³/mol. The Kier molecular flexibility index (Phi) is 5.72. The number of hydrogen-bond donors (Lipinski definition) is 1. The Morgan fingerprint density at radius 1 is 0.758 bits per heavy atom. The second-order valence-corrected chi connectivity index (χ2v) is 7.48. The van der Waals surface area contributed by atoms with Crippen molar-refractivity contribution in [1.29, 1.82) is 0 Å². The molecule has 2 heterocycles. The van der Waals surface area contributed by atoms with E-state index in [1.807, 2.05) is 91.0 Å². The molecule has 0 spiro atoms. The van der Waals surface area contributed by atoms with Crippen LogP contribution in [0.4, 0.5) is 5.69 Å². The van der Waals surface area contributed by atoms with Gasteiger partial charge < -0.3 is 9.84 Å². The molecule has 160 valence electrons. The van der Waals surface area contributed by atoms with E-state index in [9.17, 15) is 4.79 Å². The zero-order valence-corrected chi connectivity index (χ0v) is 17.7. The van der Waals surface area contributed by atoms with Crippen molar-refractivity contribution in [3.63, 3.8) is 0 Å². The molecule has 0 saturated carbocycles. The van der Waals surface area contributed by atoms with Gasteiger partial charge in [-0.25, -0.2) is 0 Å². The molecule has 0 unspecified atom stereocenters. The van der Waals surface area contributed by atoms with Crippen LogP contribution in [0.5, 0.6) is 0 Å². The fraction of sp³-hybridized carbons (Fsp3) is 0.0370. The monoisotopic (exact) mass is 432 g/mol. The maximum Gasteiger partial charge on any atom is 0.255 e. The van der Waals surface area contributed by atoms with Crippen LogP contribution in [0.2, 0.25) is 0 Å². The number of nitrogens with zero attached hydrogens (tertiary/aromatic N) is 3. The average Bonchev–Trinajstić information content (AvgIpc) is 3.35. The van der Waals surface area contributed by atoms with Gasteiger partial charge in [0.2, 0.25) is 11.7 Å². The number of pyridine rings is 1. The van der Waals surface area contributed by atoms with Gasteiger partial charge >= 0.3 is 0 Å². The van der Waals surface area contributed by atoms with E-state index < -0.39 is 0 Å². The summed E-state index contributed by atoms with van der Waals surface area (Å²) in [4.78, 5) is 21.4. The Hall–Kier alpha value is -4.58. The van der Waals surface area contributed by atoms with Gasteiger partial charge in [0.25, 0.3) is 5.91 Å². The molecule has 0 aliphatic carbocycles. The maximum absolute atomic E-state index is 12.9. The van der Waals surface area contributed by atoms with E-state index in [0.717, 1.165) is 22.3 Å². The number of amides is 1. The number of benzene rings is 3. The molecule has 1 N–H and O–H groups in total. The summed E-state index contributed by atoms with van der Waals surface area (Å²) in [6.45, 7) is 0. The largest absolute Gasteiger partial charge is 0.339 e. The summed E-state index contributed by atoms with van der Waals surface area (Å²) in [6, 6.07) is 28.9. The fourth-order valence-corrected chi connectivity index (χ4v) is 3.54. The Morgan fingerprint density at radius 3 is 2.24 bits per heavy atom. The molecule has 0 fully saturated rings. The van der Waals surface area contributed by atoms with Crippen LogP contribution in [0.1, 0.15) is 21.8 Å². The van der Waals surface area contributed by atoms with E-state index in [4.69, 9.17) is 4.52 Å². The fourth-order valence-electron chi connectivity index (χ4n) is 3.54. The van der Waals surface area contributed by atoms with Crippen LogP contribution in [-0.2, 0) is 6.42 Å². The topological polar surface area (TPSA) is 80.9 Å². The van der Waals surface area contributed by atoms with Crippen molar-refractivity contribution >= 4 is 11.6 Å². The second kappa shape index (κ2) is 9.28. The van der Waals surface area contributed by atoms with E-state index in [0.29, 0.717) is 29.4 Å². The van der Waals surface area contributed by atoms with E-state index in [2.05, 4.69) is 20.4 Å². The standard InChI is InChI=1S/C27H20N4O2/c32-27(22-12-10-20(11-13-22)19-6-2-1-3-7-19)29-24-9-5-4-8-23(24)18-25-30-26(31-33-25)21-14-16-28-17-15-21/h1-17H,18H2,(H,29,32). The summed E-state index contributed by atoms with van der Waals surface area (Å²) in [6.07, 6.45) is 3.77. The van der Waals surface area contributed by atoms with Crippen LogP contribution in [0.15, 0.2) is 108 Å². The number of anilines is 1. The quantitative estimate of drug-likeness (QED) is 0.375. The third kappa shape index (κ3) is 4.70. The highest BCUT2D eigenvalue weighted by molar-refractivity contribution is 6.04. The van der Waals surface area contributed by atoms with Crippen LogP contribution in [-0.4, -0.2) is 21.0 Å². The summed E-state index contributed by atoms with van der Waals surface area (Å²) >= 11 is 0. The van der Waals surface area contributed by atoms with Gasteiger partial charge in [-0.1, -0.05) is 65.8 Å². The van der Waals surface area contributed by atoms with E-state index in [1.54, 1.807) is 12.4 Å². The molecule has 0 aliphatic heterocycles. The third-order valence-corrected chi connectivity index (χ3v) is 5.27. The third-order valence-electron chi connectivity index (χ3n) is 5.27. The molecule has 5 rings (SSSR count). The highest BCUT2D eigenvalue weighted by atomic mass is 16.5. The Morgan fingerprint density at radius 2 is 1.45 bits per heavy atom. The van der Waals surface area contributed by atoms with Crippen LogP contribution >= 0.6 is 0 Å². The van der Waals surface area contributed by atoms with Gasteiger partial charge in [0, 0.05) is 29.2 Å². The van der Waals surface area contributed by atoms with Crippen molar-refractivity contribution in [1.82, 2.24) is 15.1 Å². The summed E-state index contributed by atoms with van der Waals surface area (Å²) in [5, 5.41) is 7.06. The molecule has 5 aromatic rings. The number of para-hydroxylation sites is 1. The van der Waals surface area contributed by atoms with E-state index >= 15 is 0 Å². The smallest absolute Gasteiger partial charge is 0.255 e. The van der Waals surface area contributed by atoms with Gasteiger partial charge in [0.15, 0.2) is 0 Å². The van der Waals surface area contributed by atoms with Gasteiger partial charge in [0.1, 0.15) is 0 Å². The van der Waals surface area contributed by atoms with Gasteiger partial charge in [-0.15, -0.1) is 0 Å². The molecule has 33 heavy (non-hydrogen) atoms. The molecule has 6 nitrogen and oxygen atoms in total. The molecule has 1 amide bonds. The van der Waals surface area contributed by atoms with Crippen LogP contribution in [0, 0.1) is 0 Å². The molecule has 0 aliphatic rings. The van der Waals surface area contributed by atoms with Crippen molar-refractivity contribution in [3.8, 4) is 22.5 Å². The molecular formula is C27H20N4O2. The van der Waals surface area contributed by atoms with Crippen molar-refractivity contribution < 1.29 is 9.32 Å². The minimum Gasteiger partial charge on any atom is -0.339 e. The first-order valence-corrected chi connectivity index (χ1v) is 10.5. The van der Waals surface area contributed by atoms with Crippen molar-refractivity contribution in [2.45, 2.75) is 6.42 Å². The lowest BCUT2D eigenvalue weighted by Gasteiger charge is -2.10. The summed E-state index contributed by atoms with van der Waals surface area (Å²) < 4.78 is 5.43. The second-order valence-electron chi connectivity index (χ2n) is 7.48. The number of nitrogens with one attached hydrogen (secondary N) is 1. The summed E-state index contributed by atoms with van der Waals surface area (Å²) in [5.41, 5.74) is 5.19. The molecule has 0 radical (unpaired) electrons. The summed E-state index contributed by atoms with van der Waals surface area (Å²) in [5.74, 6) is 0.799. The van der Waals surface area contributed by atoms with Crippen LogP contribution in [0.25, 0.3) is 22.5 Å². The lowest BCUT2D eigenvalue weighted by Crippen LogP contribution is -2.13. The van der Waals surface area contributed by atoms with Gasteiger partial charge in [0.05, 0.1) is 6.42 Å². The molecule has 3 aromatic carbocycles. The van der Waals surface area contributed by atoms with Crippen molar-refractivity contribution in [3.05, 3.63) is 120 Å². The molecule has 0 saturated heterocycles. The lowest BCUT2D eigenvalue weighted by atomic mass is 10.0. The first-order valence-electron chi connectivity index (χ1n) is 10.5. The maximum atomic E-state index is 12.9. The Labute approximate surface area is 191 Å². The Balaban J connectivity index is 1.31. The lowest BCUT2D eigenvalue weighted by molar-refractivity contribution is 0.102. The van der Waals surface area contributed by atoms with E-state index in [-0.39, 0.29) is 5.91 Å². The minimum atomic E-state index is -0.176. The van der Waals surface area contributed by atoms with Gasteiger partial charge in [-0.3, -0.25) is 9.78 Å². The predicted octanol–water partition coefficient (Wildman–Crippen LogP) is 5.64. The van der Waals surface area contributed by atoms with Gasteiger partial charge in [-0.2, -0.15) is 4.98 Å². The van der Waals surface area contributed by atoms with E-state index in [1.165, 1.54) is 0 Å². The zero-order chi connectivity index (χ0) is 22.5. The Bertz CT molecular complexity index is 1360. The molecular weight excluding hydrogens is 412 g/mol. The number of carbonyl (C=O) groups excluding carboxylic acids is 1. The molecule has 6 heteroatoms. The van der Waals surface area contributed by atoms with Crippen molar-refractivity contribution in [2.75, 3.05) is 5.32 Å². The number of carbonyl (C=O) groups is 1. The number of rotatable bonds is 6. The molecule has 0 bridgehead atoms. The highest BCUT2D eigenvalue weighted by Gasteiger charge is 2.14. The van der Waals surface area contributed by atoms with Crippen molar-refractivity contribution in [2.24, 2.45) is 0 Å².